The number of hydrogen-bond acceptors (Lipinski definition) is 6. The lowest BCUT2D eigenvalue weighted by molar-refractivity contribution is -0.119. The van der Waals surface area contributed by atoms with Crippen molar-refractivity contribution in [2.75, 3.05) is 31.1 Å². The van der Waals surface area contributed by atoms with E-state index in [0.717, 1.165) is 54.4 Å². The van der Waals surface area contributed by atoms with Gasteiger partial charge in [-0.3, -0.25) is 14.4 Å². The molecule has 1 amide bonds. The fraction of sp³-hybridized carbons (Fsp3) is 0.385. The minimum Gasteiger partial charge on any atom is -0.369 e. The van der Waals surface area contributed by atoms with E-state index in [2.05, 4.69) is 50.8 Å². The van der Waals surface area contributed by atoms with Crippen molar-refractivity contribution in [3.63, 3.8) is 0 Å². The molecular weight excluding hydrogens is 459 g/mol. The maximum atomic E-state index is 14.7. The van der Waals surface area contributed by atoms with Crippen LogP contribution in [0.25, 0.3) is 16.4 Å². The molecule has 6 rings (SSSR count). The Morgan fingerprint density at radius 2 is 2.06 bits per heavy atom. The lowest BCUT2D eigenvalue weighted by Gasteiger charge is -2.34. The Balaban J connectivity index is 1.30. The van der Waals surface area contributed by atoms with Gasteiger partial charge in [-0.2, -0.15) is 15.5 Å². The third-order valence-corrected chi connectivity index (χ3v) is 7.56. The fourth-order valence-electron chi connectivity index (χ4n) is 5.81. The van der Waals surface area contributed by atoms with E-state index in [1.165, 1.54) is 10.1 Å². The zero-order valence-electron chi connectivity index (χ0n) is 20.1. The lowest BCUT2D eigenvalue weighted by Crippen LogP contribution is -2.39. The molecule has 0 aliphatic carbocycles. The molecule has 3 aromatic heterocycles. The van der Waals surface area contributed by atoms with Crippen LogP contribution in [-0.2, 0) is 11.3 Å². The van der Waals surface area contributed by atoms with E-state index in [-0.39, 0.29) is 11.9 Å². The molecule has 2 N–H and O–H groups in total. The molecule has 1 saturated heterocycles. The molecule has 1 fully saturated rings. The van der Waals surface area contributed by atoms with Crippen LogP contribution in [0, 0.1) is 17.1 Å². The summed E-state index contributed by atoms with van der Waals surface area (Å²) in [5, 5.41) is 19.5. The van der Waals surface area contributed by atoms with Gasteiger partial charge in [0, 0.05) is 11.9 Å². The summed E-state index contributed by atoms with van der Waals surface area (Å²) in [7, 11) is 0. The van der Waals surface area contributed by atoms with Gasteiger partial charge < -0.3 is 10.6 Å². The van der Waals surface area contributed by atoms with Gasteiger partial charge in [-0.1, -0.05) is 12.1 Å². The van der Waals surface area contributed by atoms with Crippen LogP contribution in [0.1, 0.15) is 48.7 Å². The third-order valence-electron chi connectivity index (χ3n) is 7.56. The number of nitrogens with zero attached hydrogens (tertiary/aromatic N) is 7. The van der Waals surface area contributed by atoms with Crippen LogP contribution in [0.2, 0.25) is 0 Å². The minimum absolute atomic E-state index is 0.0864. The number of hydrogen-bond donors (Lipinski definition) is 1. The van der Waals surface area contributed by atoms with Crippen molar-refractivity contribution in [2.24, 2.45) is 5.73 Å². The molecule has 0 radical (unpaired) electrons. The van der Waals surface area contributed by atoms with E-state index in [1.807, 2.05) is 6.07 Å². The summed E-state index contributed by atoms with van der Waals surface area (Å²) in [6.07, 6.45) is 3.14. The molecule has 1 atom stereocenters. The summed E-state index contributed by atoms with van der Waals surface area (Å²) in [5.74, 6) is -0.285. The number of rotatable bonds is 4. The zero-order chi connectivity index (χ0) is 25.0. The second-order valence-electron chi connectivity index (χ2n) is 9.88. The monoisotopic (exact) mass is 486 g/mol. The first-order valence-electron chi connectivity index (χ1n) is 12.3. The van der Waals surface area contributed by atoms with Gasteiger partial charge in [-0.25, -0.2) is 8.91 Å². The average molecular weight is 487 g/mol. The number of nitrogens with two attached hydrogens (primary N) is 1. The van der Waals surface area contributed by atoms with Crippen LogP contribution < -0.4 is 10.6 Å². The van der Waals surface area contributed by atoms with Gasteiger partial charge in [0.2, 0.25) is 5.91 Å². The lowest BCUT2D eigenvalue weighted by atomic mass is 9.89. The average Bonchev–Trinajstić information content (AvgIpc) is 3.44. The molecule has 5 heterocycles. The number of amides is 1. The molecule has 9 nitrogen and oxygen atoms in total. The number of anilines is 1. The van der Waals surface area contributed by atoms with E-state index in [4.69, 9.17) is 10.8 Å². The molecule has 1 aromatic carbocycles. The Bertz CT molecular complexity index is 1520. The summed E-state index contributed by atoms with van der Waals surface area (Å²) in [6, 6.07) is 12.2. The molecular formula is C26H27FN8O. The van der Waals surface area contributed by atoms with Crippen molar-refractivity contribution in [2.45, 2.75) is 38.3 Å². The van der Waals surface area contributed by atoms with Crippen LogP contribution in [0.15, 0.2) is 36.5 Å². The van der Waals surface area contributed by atoms with Crippen LogP contribution >= 0.6 is 0 Å². The zero-order valence-corrected chi connectivity index (χ0v) is 20.1. The highest BCUT2D eigenvalue weighted by molar-refractivity contribution is 5.84. The molecule has 184 valence electrons. The van der Waals surface area contributed by atoms with Gasteiger partial charge in [0.15, 0.2) is 5.82 Å². The van der Waals surface area contributed by atoms with Gasteiger partial charge in [0.25, 0.3) is 0 Å². The molecule has 0 unspecified atom stereocenters. The Morgan fingerprint density at radius 1 is 1.25 bits per heavy atom. The number of primary amides is 1. The number of carbonyl (C=O) groups excluding carboxylic acids is 1. The number of carbonyl (C=O) groups is 1. The standard InChI is InChI=1S/C26H27FN8O/c1-16-13-33(23-5-3-19(11-28)35-26(23)21(27)12-30-35)14-24-20-4-2-18(10-22(20)31-34(16)24)17-6-8-32(9-7-17)15-25(29)36/h2-5,10,12,16-17H,6-9,13-15H2,1H3,(H2,29,36)/t16-/m1/s1. The van der Waals surface area contributed by atoms with Crippen molar-refractivity contribution in [3.8, 4) is 6.07 Å². The Hall–Kier alpha value is -3.97. The minimum atomic E-state index is -0.440. The summed E-state index contributed by atoms with van der Waals surface area (Å²) < 4.78 is 18.2. The Labute approximate surface area is 207 Å². The van der Waals surface area contributed by atoms with Gasteiger partial charge in [0.05, 0.1) is 42.2 Å². The molecule has 2 aliphatic rings. The van der Waals surface area contributed by atoms with E-state index >= 15 is 0 Å². The van der Waals surface area contributed by atoms with Crippen molar-refractivity contribution < 1.29 is 9.18 Å². The molecule has 2 aliphatic heterocycles. The van der Waals surface area contributed by atoms with Gasteiger partial charge >= 0.3 is 0 Å². The highest BCUT2D eigenvalue weighted by Crippen LogP contribution is 2.36. The van der Waals surface area contributed by atoms with Crippen molar-refractivity contribution in [3.05, 3.63) is 59.3 Å². The second kappa shape index (κ2) is 8.60. The topological polar surface area (TPSA) is 108 Å². The van der Waals surface area contributed by atoms with Crippen molar-refractivity contribution >= 4 is 28.0 Å². The van der Waals surface area contributed by atoms with Crippen LogP contribution in [0.4, 0.5) is 10.1 Å². The quantitative estimate of drug-likeness (QED) is 0.475. The van der Waals surface area contributed by atoms with Crippen LogP contribution in [0.5, 0.6) is 0 Å². The Morgan fingerprint density at radius 3 is 2.81 bits per heavy atom. The summed E-state index contributed by atoms with van der Waals surface area (Å²) in [6.45, 7) is 5.41. The number of halogens is 1. The van der Waals surface area contributed by atoms with Crippen LogP contribution in [-0.4, -0.2) is 56.4 Å². The number of likely N-dealkylation sites (tertiary alicyclic amines) is 1. The molecule has 10 heteroatoms. The fourth-order valence-corrected chi connectivity index (χ4v) is 5.81. The first kappa shape index (κ1) is 22.5. The smallest absolute Gasteiger partial charge is 0.231 e. The number of fused-ring (bicyclic) bond motifs is 4. The van der Waals surface area contributed by atoms with Crippen molar-refractivity contribution in [1.82, 2.24) is 24.3 Å². The molecule has 0 saturated carbocycles. The molecule has 4 aromatic rings. The van der Waals surface area contributed by atoms with E-state index in [9.17, 15) is 14.4 Å². The summed E-state index contributed by atoms with van der Waals surface area (Å²) in [4.78, 5) is 15.5. The number of benzene rings is 1. The SMILES string of the molecule is C[C@@H]1CN(c2ccc(C#N)n3ncc(F)c23)Cc2c3ccc(C4CCN(CC(N)=O)CC4)cc3nn21. The third kappa shape index (κ3) is 3.67. The molecule has 36 heavy (non-hydrogen) atoms. The maximum absolute atomic E-state index is 14.7. The number of nitriles is 1. The van der Waals surface area contributed by atoms with Gasteiger partial charge in [-0.05, 0) is 62.5 Å². The normalized spacial score (nSPS) is 19.0. The van der Waals surface area contributed by atoms with Gasteiger partial charge in [0.1, 0.15) is 17.3 Å². The number of piperidine rings is 1. The van der Waals surface area contributed by atoms with Gasteiger partial charge in [-0.15, -0.1) is 0 Å². The highest BCUT2D eigenvalue weighted by Gasteiger charge is 2.29. The second-order valence-corrected chi connectivity index (χ2v) is 9.88. The van der Waals surface area contributed by atoms with Crippen molar-refractivity contribution in [1.29, 1.82) is 5.26 Å². The Kier molecular flexibility index (Phi) is 5.38. The first-order valence-corrected chi connectivity index (χ1v) is 12.3. The predicted octanol–water partition coefficient (Wildman–Crippen LogP) is 2.94. The van der Waals surface area contributed by atoms with Crippen LogP contribution in [0.3, 0.4) is 0 Å². The largest absolute Gasteiger partial charge is 0.369 e. The molecule has 0 bridgehead atoms. The maximum Gasteiger partial charge on any atom is 0.231 e. The number of aromatic nitrogens is 4. The number of pyridine rings is 1. The van der Waals surface area contributed by atoms with E-state index in [1.54, 1.807) is 6.07 Å². The summed E-state index contributed by atoms with van der Waals surface area (Å²) in [5.41, 5.74) is 10.0. The first-order chi connectivity index (χ1) is 17.4. The highest BCUT2D eigenvalue weighted by atomic mass is 19.1. The van der Waals surface area contributed by atoms with E-state index in [0.29, 0.717) is 36.8 Å². The molecule has 0 spiro atoms. The van der Waals surface area contributed by atoms with E-state index < -0.39 is 5.82 Å². The summed E-state index contributed by atoms with van der Waals surface area (Å²) >= 11 is 0. The predicted molar refractivity (Wildman–Crippen MR) is 133 cm³/mol.